The summed E-state index contributed by atoms with van der Waals surface area (Å²) in [6.45, 7) is 3.05. The first kappa shape index (κ1) is 23.9. The number of carbonyl (C=O) groups is 1. The molecule has 0 spiro atoms. The summed E-state index contributed by atoms with van der Waals surface area (Å²) in [5.74, 6) is 1.84. The number of benzene rings is 2. The summed E-state index contributed by atoms with van der Waals surface area (Å²) in [5.41, 5.74) is 2.45. The number of Topliss-reactive ketones (excluding diaryl/α,β-unsaturated/α-hetero) is 1. The molecule has 1 aromatic heterocycles. The van der Waals surface area contributed by atoms with Gasteiger partial charge in [-0.25, -0.2) is 0 Å². The first-order valence-electron chi connectivity index (χ1n) is 12.6. The summed E-state index contributed by atoms with van der Waals surface area (Å²) in [6.07, 6.45) is 5.90. The fourth-order valence-electron chi connectivity index (χ4n) is 5.25. The monoisotopic (exact) mass is 490 g/mol. The zero-order valence-electron chi connectivity index (χ0n) is 20.4. The third-order valence-electron chi connectivity index (χ3n) is 7.17. The second kappa shape index (κ2) is 11.3. The number of carbonyl (C=O) groups excluding carboxylic acids is 1. The van der Waals surface area contributed by atoms with Crippen molar-refractivity contribution in [2.45, 2.75) is 44.2 Å². The number of thiophene rings is 1. The molecule has 1 atom stereocenters. The Balaban J connectivity index is 1.34. The third kappa shape index (κ3) is 5.88. The minimum atomic E-state index is 0.211. The Kier molecular flexibility index (Phi) is 7.69. The maximum atomic E-state index is 12.9. The van der Waals surface area contributed by atoms with Gasteiger partial charge in [0.1, 0.15) is 0 Å². The van der Waals surface area contributed by atoms with E-state index < -0.39 is 0 Å². The fourth-order valence-corrected chi connectivity index (χ4v) is 5.91. The van der Waals surface area contributed by atoms with Gasteiger partial charge in [-0.2, -0.15) is 0 Å². The van der Waals surface area contributed by atoms with Gasteiger partial charge in [0, 0.05) is 37.4 Å². The van der Waals surface area contributed by atoms with Gasteiger partial charge in [0.2, 0.25) is 0 Å². The van der Waals surface area contributed by atoms with Crippen LogP contribution in [0.5, 0.6) is 11.5 Å². The van der Waals surface area contributed by atoms with Gasteiger partial charge in [0.25, 0.3) is 0 Å². The molecule has 1 saturated heterocycles. The van der Waals surface area contributed by atoms with Crippen molar-refractivity contribution in [1.29, 1.82) is 0 Å². The summed E-state index contributed by atoms with van der Waals surface area (Å²) in [6, 6.07) is 21.0. The second-order valence-electron chi connectivity index (χ2n) is 9.52. The van der Waals surface area contributed by atoms with Crippen molar-refractivity contribution in [3.05, 3.63) is 76.5 Å². The molecule has 0 radical (unpaired) electrons. The van der Waals surface area contributed by atoms with E-state index in [2.05, 4.69) is 52.3 Å². The first-order chi connectivity index (χ1) is 17.2. The molecule has 5 nitrogen and oxygen atoms in total. The molecule has 184 valence electrons. The highest BCUT2D eigenvalue weighted by atomic mass is 32.1. The molecule has 0 bridgehead atoms. The molecule has 1 aliphatic carbocycles. The van der Waals surface area contributed by atoms with Gasteiger partial charge in [0.15, 0.2) is 17.3 Å². The van der Waals surface area contributed by atoms with E-state index in [1.807, 2.05) is 23.6 Å². The lowest BCUT2D eigenvalue weighted by Crippen LogP contribution is -2.55. The molecule has 5 rings (SSSR count). The van der Waals surface area contributed by atoms with Gasteiger partial charge in [0.05, 0.1) is 24.6 Å². The van der Waals surface area contributed by atoms with Gasteiger partial charge in [-0.1, -0.05) is 36.4 Å². The summed E-state index contributed by atoms with van der Waals surface area (Å²) in [4.78, 5) is 18.6. The predicted octanol–water partition coefficient (Wildman–Crippen LogP) is 5.69. The van der Waals surface area contributed by atoms with Crippen LogP contribution in [0.2, 0.25) is 0 Å². The molecule has 35 heavy (non-hydrogen) atoms. The Labute approximate surface area is 212 Å². The molecule has 0 N–H and O–H groups in total. The number of nitrogens with zero attached hydrogens (tertiary/aromatic N) is 2. The van der Waals surface area contributed by atoms with Gasteiger partial charge < -0.3 is 14.4 Å². The van der Waals surface area contributed by atoms with Crippen LogP contribution in [0.1, 0.15) is 40.9 Å². The Hall–Kier alpha value is -2.83. The van der Waals surface area contributed by atoms with Crippen LogP contribution in [-0.4, -0.2) is 56.1 Å². The average molecular weight is 491 g/mol. The van der Waals surface area contributed by atoms with Crippen LogP contribution in [0.4, 0.5) is 5.69 Å². The van der Waals surface area contributed by atoms with Crippen molar-refractivity contribution in [2.24, 2.45) is 0 Å². The highest BCUT2D eigenvalue weighted by Gasteiger charge is 2.30. The number of ether oxygens (including phenoxy) is 2. The first-order valence-corrected chi connectivity index (χ1v) is 13.5. The molecule has 0 amide bonds. The molecule has 2 aromatic carbocycles. The van der Waals surface area contributed by atoms with Gasteiger partial charge in [-0.15, -0.1) is 11.3 Å². The third-order valence-corrected chi connectivity index (χ3v) is 8.08. The Morgan fingerprint density at radius 2 is 1.83 bits per heavy atom. The highest BCUT2D eigenvalue weighted by molar-refractivity contribution is 7.12. The normalized spacial score (nSPS) is 19.1. The molecule has 2 aliphatic rings. The van der Waals surface area contributed by atoms with Crippen LogP contribution in [0.3, 0.4) is 0 Å². The molecule has 6 heteroatoms. The van der Waals surface area contributed by atoms with Gasteiger partial charge in [-0.3, -0.25) is 9.69 Å². The topological polar surface area (TPSA) is 42.0 Å². The van der Waals surface area contributed by atoms with Crippen molar-refractivity contribution in [3.8, 4) is 11.5 Å². The smallest absolute Gasteiger partial charge is 0.186 e. The van der Waals surface area contributed by atoms with Gasteiger partial charge >= 0.3 is 0 Å². The van der Waals surface area contributed by atoms with Crippen molar-refractivity contribution >= 4 is 22.8 Å². The molecular formula is C29H34N2O3S. The van der Waals surface area contributed by atoms with Crippen LogP contribution in [0.25, 0.3) is 0 Å². The van der Waals surface area contributed by atoms with Crippen LogP contribution < -0.4 is 14.4 Å². The van der Waals surface area contributed by atoms with E-state index >= 15 is 0 Å². The quantitative estimate of drug-likeness (QED) is 0.360. The maximum absolute atomic E-state index is 12.9. The summed E-state index contributed by atoms with van der Waals surface area (Å²) >= 11 is 1.53. The van der Waals surface area contributed by atoms with Crippen molar-refractivity contribution < 1.29 is 14.3 Å². The lowest BCUT2D eigenvalue weighted by Gasteiger charge is -2.42. The van der Waals surface area contributed by atoms with Crippen LogP contribution >= 0.6 is 11.3 Å². The number of hydrogen-bond acceptors (Lipinski definition) is 6. The molecular weight excluding hydrogens is 456 g/mol. The maximum Gasteiger partial charge on any atom is 0.186 e. The minimum absolute atomic E-state index is 0.211. The van der Waals surface area contributed by atoms with E-state index in [1.54, 1.807) is 7.11 Å². The van der Waals surface area contributed by atoms with Crippen LogP contribution in [0.15, 0.2) is 66.0 Å². The molecule has 1 saturated carbocycles. The number of ketones is 1. The zero-order valence-corrected chi connectivity index (χ0v) is 21.2. The van der Waals surface area contributed by atoms with E-state index in [9.17, 15) is 4.79 Å². The molecule has 3 aromatic rings. The number of hydrogen-bond donors (Lipinski definition) is 0. The number of piperazine rings is 1. The summed E-state index contributed by atoms with van der Waals surface area (Å²) in [7, 11) is 1.70. The predicted molar refractivity (Wildman–Crippen MR) is 142 cm³/mol. The van der Waals surface area contributed by atoms with Crippen LogP contribution in [0, 0.1) is 0 Å². The number of anilines is 1. The molecule has 0 unspecified atom stereocenters. The highest BCUT2D eigenvalue weighted by Crippen LogP contribution is 2.36. The fraction of sp³-hybridized carbons (Fsp3) is 0.414. The largest absolute Gasteiger partial charge is 0.493 e. The van der Waals surface area contributed by atoms with Crippen molar-refractivity contribution in [3.63, 3.8) is 0 Å². The van der Waals surface area contributed by atoms with Crippen molar-refractivity contribution in [2.75, 3.05) is 38.2 Å². The van der Waals surface area contributed by atoms with Crippen LogP contribution in [-0.2, 0) is 6.42 Å². The Morgan fingerprint density at radius 3 is 2.57 bits per heavy atom. The lowest BCUT2D eigenvalue weighted by molar-refractivity contribution is 0.0879. The summed E-state index contributed by atoms with van der Waals surface area (Å²) < 4.78 is 12.0. The van der Waals surface area contributed by atoms with E-state index in [1.165, 1.54) is 29.7 Å². The minimum Gasteiger partial charge on any atom is -0.493 e. The molecule has 2 heterocycles. The van der Waals surface area contributed by atoms with Gasteiger partial charge in [-0.05, 0) is 61.2 Å². The standard InChI is InChI=1S/C29H34N2O3S/c1-33-27-14-13-23(19-28(27)34-25-10-5-6-11-25)30-15-16-31(21-26(32)29-12-7-17-35-29)24(20-30)18-22-8-3-2-4-9-22/h2-4,7-9,12-14,17,19,24-25H,5-6,10-11,15-16,18,20-21H2,1H3/t24-/m0/s1. The molecule has 2 fully saturated rings. The second-order valence-corrected chi connectivity index (χ2v) is 10.5. The van der Waals surface area contributed by atoms with E-state index in [0.717, 1.165) is 61.0 Å². The summed E-state index contributed by atoms with van der Waals surface area (Å²) in [5, 5.41) is 1.97. The zero-order chi connectivity index (χ0) is 24.0. The molecule has 1 aliphatic heterocycles. The lowest BCUT2D eigenvalue weighted by atomic mass is 10.0. The van der Waals surface area contributed by atoms with E-state index in [4.69, 9.17) is 9.47 Å². The van der Waals surface area contributed by atoms with Crippen molar-refractivity contribution in [1.82, 2.24) is 4.90 Å². The Bertz CT molecular complexity index is 1100. The number of rotatable bonds is 9. The average Bonchev–Trinajstić information content (AvgIpc) is 3.61. The SMILES string of the molecule is COc1ccc(N2CCN(CC(=O)c3cccs3)[C@@H](Cc3ccccc3)C2)cc1OC1CCCC1. The Morgan fingerprint density at radius 1 is 1.00 bits per heavy atom. The van der Waals surface area contributed by atoms with E-state index in [0.29, 0.717) is 6.54 Å². The number of methoxy groups -OCH3 is 1. The van der Waals surface area contributed by atoms with E-state index in [-0.39, 0.29) is 17.9 Å².